The van der Waals surface area contributed by atoms with Gasteiger partial charge >= 0.3 is 0 Å². The van der Waals surface area contributed by atoms with Gasteiger partial charge in [0.1, 0.15) is 12.4 Å². The van der Waals surface area contributed by atoms with Crippen molar-refractivity contribution in [1.82, 2.24) is 20.2 Å². The van der Waals surface area contributed by atoms with Crippen LogP contribution in [0.25, 0.3) is 17.2 Å². The van der Waals surface area contributed by atoms with Crippen molar-refractivity contribution >= 4 is 34.2 Å². The summed E-state index contributed by atoms with van der Waals surface area (Å²) in [6.07, 6.45) is 4.82. The van der Waals surface area contributed by atoms with E-state index in [1.807, 2.05) is 25.1 Å². The minimum absolute atomic E-state index is 0.145. The van der Waals surface area contributed by atoms with Crippen molar-refractivity contribution in [2.45, 2.75) is 64.2 Å². The standard InChI is InChI=1S/C37H46N6O4S/c1-5-7-20-46-21-22-47-33-13-8-28(9-14-33)29-10-17-35-31(23-29)24-30(18-19-42(35)25-27(3)4)37(44)38-32-11-15-34(16-12-32)48(45)26-36-39-40-41-43(36)6-2/h8-17,23-24,27H,5-7,18-22,25-26H2,1-4H3,(H,38,44). The molecule has 10 nitrogen and oxygen atoms in total. The van der Waals surface area contributed by atoms with Gasteiger partial charge in [0.15, 0.2) is 5.82 Å². The Bertz CT molecular complexity index is 1700. The van der Waals surface area contributed by atoms with E-state index in [9.17, 15) is 9.00 Å². The van der Waals surface area contributed by atoms with Gasteiger partial charge in [0.05, 0.1) is 23.2 Å². The van der Waals surface area contributed by atoms with Crippen LogP contribution >= 0.6 is 0 Å². The van der Waals surface area contributed by atoms with Crippen molar-refractivity contribution in [2.75, 3.05) is 43.1 Å². The van der Waals surface area contributed by atoms with Crippen LogP contribution in [0.3, 0.4) is 0 Å². The maximum Gasteiger partial charge on any atom is 0.251 e. The van der Waals surface area contributed by atoms with Crippen molar-refractivity contribution in [1.29, 1.82) is 0 Å². The van der Waals surface area contributed by atoms with Crippen molar-refractivity contribution in [2.24, 2.45) is 5.92 Å². The Morgan fingerprint density at radius 1 is 0.979 bits per heavy atom. The maximum atomic E-state index is 13.6. The molecule has 5 rings (SSSR count). The first-order chi connectivity index (χ1) is 23.3. The molecule has 1 atom stereocenters. The fourth-order valence-electron chi connectivity index (χ4n) is 5.57. The van der Waals surface area contributed by atoms with E-state index < -0.39 is 10.8 Å². The molecule has 3 aromatic carbocycles. The number of nitrogens with zero attached hydrogens (tertiary/aromatic N) is 5. The van der Waals surface area contributed by atoms with Crippen LogP contribution in [-0.4, -0.2) is 63.2 Å². The van der Waals surface area contributed by atoms with E-state index in [0.29, 0.717) is 54.1 Å². The highest BCUT2D eigenvalue weighted by Crippen LogP contribution is 2.34. The number of hydrogen-bond donors (Lipinski definition) is 1. The van der Waals surface area contributed by atoms with E-state index in [2.05, 4.69) is 76.8 Å². The summed E-state index contributed by atoms with van der Waals surface area (Å²) in [4.78, 5) is 16.6. The number of anilines is 2. The van der Waals surface area contributed by atoms with Gasteiger partial charge in [0.25, 0.3) is 5.91 Å². The summed E-state index contributed by atoms with van der Waals surface area (Å²) < 4.78 is 26.0. The van der Waals surface area contributed by atoms with Gasteiger partial charge in [-0.2, -0.15) is 0 Å². The summed E-state index contributed by atoms with van der Waals surface area (Å²) >= 11 is 0. The van der Waals surface area contributed by atoms with Crippen molar-refractivity contribution in [3.05, 3.63) is 83.7 Å². The molecule has 1 N–H and O–H groups in total. The van der Waals surface area contributed by atoms with Crippen LogP contribution in [0.15, 0.2) is 77.2 Å². The fraction of sp³-hybridized carbons (Fsp3) is 0.405. The third-order valence-corrected chi connectivity index (χ3v) is 9.41. The molecule has 0 spiro atoms. The molecule has 0 saturated carbocycles. The van der Waals surface area contributed by atoms with Gasteiger partial charge in [-0.05, 0) is 107 Å². The number of unbranched alkanes of at least 4 members (excludes halogenated alkanes) is 1. The molecule has 1 aliphatic heterocycles. The number of amides is 1. The molecular formula is C37H46N6O4S. The van der Waals surface area contributed by atoms with Crippen molar-refractivity contribution in [3.63, 3.8) is 0 Å². The highest BCUT2D eigenvalue weighted by molar-refractivity contribution is 7.84. The molecule has 4 aromatic rings. The highest BCUT2D eigenvalue weighted by Gasteiger charge is 2.21. The molecule has 0 radical (unpaired) electrons. The lowest BCUT2D eigenvalue weighted by Gasteiger charge is -2.27. The highest BCUT2D eigenvalue weighted by atomic mass is 32.2. The first kappa shape index (κ1) is 35.0. The molecule has 254 valence electrons. The first-order valence-electron chi connectivity index (χ1n) is 16.8. The Morgan fingerprint density at radius 3 is 2.48 bits per heavy atom. The largest absolute Gasteiger partial charge is 0.491 e. The number of aromatic nitrogens is 4. The van der Waals surface area contributed by atoms with Crippen molar-refractivity contribution in [3.8, 4) is 16.9 Å². The Kier molecular flexibility index (Phi) is 12.5. The van der Waals surface area contributed by atoms with Crippen molar-refractivity contribution < 1.29 is 18.5 Å². The van der Waals surface area contributed by atoms with Gasteiger partial charge in [0, 0.05) is 48.1 Å². The van der Waals surface area contributed by atoms with Gasteiger partial charge < -0.3 is 19.7 Å². The first-order valence-corrected chi connectivity index (χ1v) is 18.1. The number of hydrogen-bond acceptors (Lipinski definition) is 8. The van der Waals surface area contributed by atoms with Crippen LogP contribution in [0.1, 0.15) is 58.3 Å². The second-order valence-corrected chi connectivity index (χ2v) is 13.7. The Labute approximate surface area is 286 Å². The molecule has 1 amide bonds. The van der Waals surface area contributed by atoms with E-state index in [1.54, 1.807) is 28.9 Å². The predicted octanol–water partition coefficient (Wildman–Crippen LogP) is 6.75. The topological polar surface area (TPSA) is 111 Å². The second kappa shape index (κ2) is 17.2. The lowest BCUT2D eigenvalue weighted by atomic mass is 10.00. The second-order valence-electron chi connectivity index (χ2n) is 12.3. The summed E-state index contributed by atoms with van der Waals surface area (Å²) in [5, 5.41) is 14.6. The van der Waals surface area contributed by atoms with Crippen LogP contribution in [0, 0.1) is 5.92 Å². The lowest BCUT2D eigenvalue weighted by molar-refractivity contribution is -0.112. The van der Waals surface area contributed by atoms with Crippen LogP contribution in [0.5, 0.6) is 5.75 Å². The summed E-state index contributed by atoms with van der Waals surface area (Å²) in [6, 6.07) is 21.7. The summed E-state index contributed by atoms with van der Waals surface area (Å²) in [6.45, 7) is 12.6. The zero-order valence-electron chi connectivity index (χ0n) is 28.4. The molecule has 1 aromatic heterocycles. The monoisotopic (exact) mass is 670 g/mol. The predicted molar refractivity (Wildman–Crippen MR) is 191 cm³/mol. The fourth-order valence-corrected chi connectivity index (χ4v) is 6.62. The van der Waals surface area contributed by atoms with Gasteiger partial charge in [-0.3, -0.25) is 9.00 Å². The number of benzene rings is 3. The average molecular weight is 671 g/mol. The Morgan fingerprint density at radius 2 is 1.75 bits per heavy atom. The van der Waals surface area contributed by atoms with Gasteiger partial charge in [-0.25, -0.2) is 4.68 Å². The number of nitrogens with one attached hydrogen (secondary N) is 1. The number of carbonyl (C=O) groups is 1. The zero-order valence-corrected chi connectivity index (χ0v) is 29.2. The molecule has 1 aliphatic rings. The molecule has 48 heavy (non-hydrogen) atoms. The van der Waals surface area contributed by atoms with E-state index >= 15 is 0 Å². The molecule has 1 unspecified atom stereocenters. The smallest absolute Gasteiger partial charge is 0.251 e. The van der Waals surface area contributed by atoms with E-state index in [4.69, 9.17) is 9.47 Å². The van der Waals surface area contributed by atoms with Gasteiger partial charge in [0.2, 0.25) is 0 Å². The normalized spacial score (nSPS) is 13.5. The molecule has 0 saturated heterocycles. The Balaban J connectivity index is 1.28. The third-order valence-electron chi connectivity index (χ3n) is 8.09. The SMILES string of the molecule is CCCCOCCOc1ccc(-c2ccc3c(c2)C=C(C(=O)Nc2ccc(S(=O)Cc4nnnn4CC)cc2)CCN3CC(C)C)cc1. The molecule has 2 heterocycles. The van der Waals surface area contributed by atoms with Crippen LogP contribution in [0.2, 0.25) is 0 Å². The molecule has 11 heteroatoms. The molecular weight excluding hydrogens is 625 g/mol. The summed E-state index contributed by atoms with van der Waals surface area (Å²) in [7, 11) is -1.31. The van der Waals surface area contributed by atoms with Crippen LogP contribution in [0.4, 0.5) is 11.4 Å². The quantitative estimate of drug-likeness (QED) is 0.130. The number of rotatable bonds is 16. The van der Waals surface area contributed by atoms with E-state index in [1.165, 1.54) is 0 Å². The average Bonchev–Trinajstić information content (AvgIpc) is 3.46. The number of tetrazole rings is 1. The van der Waals surface area contributed by atoms with E-state index in [-0.39, 0.29) is 11.7 Å². The minimum atomic E-state index is -1.31. The van der Waals surface area contributed by atoms with Crippen LogP contribution in [-0.2, 0) is 32.6 Å². The molecule has 0 aliphatic carbocycles. The zero-order chi connectivity index (χ0) is 33.9. The Hall–Kier alpha value is -4.35. The summed E-state index contributed by atoms with van der Waals surface area (Å²) in [5.41, 5.74) is 5.64. The maximum absolute atomic E-state index is 13.6. The third kappa shape index (κ3) is 9.38. The molecule has 0 bridgehead atoms. The minimum Gasteiger partial charge on any atom is -0.491 e. The molecule has 0 fully saturated rings. The van der Waals surface area contributed by atoms with E-state index in [0.717, 1.165) is 60.7 Å². The van der Waals surface area contributed by atoms with Gasteiger partial charge in [-0.15, -0.1) is 5.10 Å². The van der Waals surface area contributed by atoms with Gasteiger partial charge in [-0.1, -0.05) is 45.4 Å². The number of aryl methyl sites for hydroxylation is 1. The number of carbonyl (C=O) groups excluding carboxylic acids is 1. The summed E-state index contributed by atoms with van der Waals surface area (Å²) in [5.74, 6) is 1.94. The number of ether oxygens (including phenoxy) is 2. The van der Waals surface area contributed by atoms with Crippen LogP contribution < -0.4 is 15.0 Å². The number of fused-ring (bicyclic) bond motifs is 1. The lowest BCUT2D eigenvalue weighted by Crippen LogP contribution is -2.29.